The predicted octanol–water partition coefficient (Wildman–Crippen LogP) is 7.89. The molecule has 182 valence electrons. The third-order valence-electron chi connectivity index (χ3n) is 5.57. The molecule has 0 aromatic heterocycles. The molecule has 0 bridgehead atoms. The Labute approximate surface area is 187 Å². The molecule has 0 radical (unpaired) electrons. The van der Waals surface area contributed by atoms with E-state index in [4.69, 9.17) is 9.05 Å². The summed E-state index contributed by atoms with van der Waals surface area (Å²) in [5.74, 6) is 0. The molecule has 0 aliphatic heterocycles. The molecule has 5 nitrogen and oxygen atoms in total. The Hall–Kier alpha value is 0.0700. The van der Waals surface area contributed by atoms with Crippen LogP contribution < -0.4 is 0 Å². The van der Waals surface area contributed by atoms with Gasteiger partial charge in [0.15, 0.2) is 12.6 Å². The molecule has 0 rings (SSSR count). The fourth-order valence-electron chi connectivity index (χ4n) is 3.63. The fourth-order valence-corrected chi connectivity index (χ4v) is 4.36. The number of hydrogen-bond donors (Lipinski definition) is 2. The molecule has 0 saturated carbocycles. The summed E-state index contributed by atoms with van der Waals surface area (Å²) in [5.41, 5.74) is 0. The summed E-state index contributed by atoms with van der Waals surface area (Å²) < 4.78 is 21.8. The Morgan fingerprint density at radius 2 is 0.800 bits per heavy atom. The average Bonchev–Trinajstić information content (AvgIpc) is 2.71. The van der Waals surface area contributed by atoms with Crippen LogP contribution in [0, 0.1) is 0 Å². The Morgan fingerprint density at radius 1 is 0.533 bits per heavy atom. The van der Waals surface area contributed by atoms with Gasteiger partial charge < -0.3 is 10.2 Å². The van der Waals surface area contributed by atoms with Gasteiger partial charge in [-0.15, -0.1) is 0 Å². The minimum absolute atomic E-state index is 0.462. The van der Waals surface area contributed by atoms with Gasteiger partial charge in [-0.1, -0.05) is 117 Å². The minimum Gasteiger partial charge on any atom is -0.368 e. The van der Waals surface area contributed by atoms with Crippen LogP contribution in [0.15, 0.2) is 0 Å². The van der Waals surface area contributed by atoms with Crippen LogP contribution in [-0.2, 0) is 13.6 Å². The van der Waals surface area contributed by atoms with Crippen LogP contribution in [0.2, 0.25) is 0 Å². The van der Waals surface area contributed by atoms with E-state index in [1.54, 1.807) is 0 Å². The lowest BCUT2D eigenvalue weighted by atomic mass is 10.1. The molecule has 0 aliphatic rings. The van der Waals surface area contributed by atoms with Gasteiger partial charge >= 0.3 is 8.25 Å². The van der Waals surface area contributed by atoms with E-state index in [0.717, 1.165) is 25.7 Å². The molecule has 0 aliphatic carbocycles. The Balaban J connectivity index is 3.47. The van der Waals surface area contributed by atoms with E-state index >= 15 is 0 Å². The van der Waals surface area contributed by atoms with E-state index in [2.05, 4.69) is 13.8 Å². The number of unbranched alkanes of at least 4 members (excludes halogenated alkanes) is 16. The van der Waals surface area contributed by atoms with Crippen LogP contribution in [0.25, 0.3) is 0 Å². The van der Waals surface area contributed by atoms with Gasteiger partial charge in [0.1, 0.15) is 0 Å². The molecular weight excluding hydrogens is 399 g/mol. The lowest BCUT2D eigenvalue weighted by molar-refractivity contribution is -0.0648. The van der Waals surface area contributed by atoms with Crippen molar-refractivity contribution in [1.29, 1.82) is 0 Å². The third-order valence-corrected chi connectivity index (χ3v) is 6.50. The quantitative estimate of drug-likeness (QED) is 0.0888. The Morgan fingerprint density at radius 3 is 1.10 bits per heavy atom. The summed E-state index contributed by atoms with van der Waals surface area (Å²) in [6.45, 7) is 4.46. The number of rotatable bonds is 24. The lowest BCUT2D eigenvalue weighted by Gasteiger charge is -2.15. The van der Waals surface area contributed by atoms with Gasteiger partial charge in [-0.2, -0.15) is 0 Å². The zero-order valence-electron chi connectivity index (χ0n) is 19.9. The molecule has 2 N–H and O–H groups in total. The van der Waals surface area contributed by atoms with Crippen molar-refractivity contribution in [1.82, 2.24) is 0 Å². The van der Waals surface area contributed by atoms with Crippen molar-refractivity contribution < 1.29 is 23.8 Å². The summed E-state index contributed by atoms with van der Waals surface area (Å²) in [6.07, 6.45) is 20.5. The van der Waals surface area contributed by atoms with Crippen LogP contribution in [0.5, 0.6) is 0 Å². The number of aliphatic hydroxyl groups is 2. The van der Waals surface area contributed by atoms with E-state index in [9.17, 15) is 14.8 Å². The van der Waals surface area contributed by atoms with Crippen LogP contribution in [0.1, 0.15) is 142 Å². The van der Waals surface area contributed by atoms with Crippen molar-refractivity contribution in [3.05, 3.63) is 0 Å². The SMILES string of the molecule is CCCCCCCCCCCC(O)O[PH](=O)OC(O)CCCCCCCCCCC. The second-order valence-corrected chi connectivity index (χ2v) is 9.60. The Kier molecular flexibility index (Phi) is 23.8. The van der Waals surface area contributed by atoms with E-state index in [1.165, 1.54) is 89.9 Å². The molecule has 0 aromatic carbocycles. The molecule has 0 amide bonds. The zero-order chi connectivity index (χ0) is 22.3. The highest BCUT2D eigenvalue weighted by atomic mass is 31.1. The van der Waals surface area contributed by atoms with E-state index in [1.807, 2.05) is 0 Å². The summed E-state index contributed by atoms with van der Waals surface area (Å²) >= 11 is 0. The van der Waals surface area contributed by atoms with Crippen LogP contribution >= 0.6 is 8.25 Å². The maximum atomic E-state index is 11.8. The summed E-state index contributed by atoms with van der Waals surface area (Å²) in [7, 11) is -2.86. The molecule has 0 heterocycles. The van der Waals surface area contributed by atoms with Crippen molar-refractivity contribution in [3.63, 3.8) is 0 Å². The summed E-state index contributed by atoms with van der Waals surface area (Å²) in [4.78, 5) is 0. The molecule has 30 heavy (non-hydrogen) atoms. The number of hydrogen-bond acceptors (Lipinski definition) is 5. The predicted molar refractivity (Wildman–Crippen MR) is 127 cm³/mol. The van der Waals surface area contributed by atoms with Crippen molar-refractivity contribution in [2.24, 2.45) is 0 Å². The highest BCUT2D eigenvalue weighted by Crippen LogP contribution is 2.29. The molecule has 6 heteroatoms. The normalized spacial score (nSPS) is 14.7. The maximum absolute atomic E-state index is 11.8. The monoisotopic (exact) mass is 450 g/mol. The molecule has 2 unspecified atom stereocenters. The van der Waals surface area contributed by atoms with Crippen LogP contribution in [-0.4, -0.2) is 22.8 Å². The zero-order valence-corrected chi connectivity index (χ0v) is 20.9. The highest BCUT2D eigenvalue weighted by Gasteiger charge is 2.13. The van der Waals surface area contributed by atoms with Gasteiger partial charge in [-0.05, 0) is 25.7 Å². The van der Waals surface area contributed by atoms with E-state index in [-0.39, 0.29) is 0 Å². The molecule has 0 spiro atoms. The molecule has 2 atom stereocenters. The minimum atomic E-state index is -2.86. The van der Waals surface area contributed by atoms with Gasteiger partial charge in [0.2, 0.25) is 0 Å². The van der Waals surface area contributed by atoms with Gasteiger partial charge in [-0.25, -0.2) is 0 Å². The summed E-state index contributed by atoms with van der Waals surface area (Å²) in [6, 6.07) is 0. The first-order valence-electron chi connectivity index (χ1n) is 12.8. The van der Waals surface area contributed by atoms with Crippen molar-refractivity contribution >= 4 is 8.25 Å². The van der Waals surface area contributed by atoms with Crippen molar-refractivity contribution in [3.8, 4) is 0 Å². The van der Waals surface area contributed by atoms with Crippen molar-refractivity contribution in [2.75, 3.05) is 0 Å². The van der Waals surface area contributed by atoms with Gasteiger partial charge in [-0.3, -0.25) is 13.6 Å². The molecule has 0 aromatic rings. The second kappa shape index (κ2) is 23.7. The first kappa shape index (κ1) is 30.1. The van der Waals surface area contributed by atoms with Gasteiger partial charge in [0.05, 0.1) is 0 Å². The molecule has 0 fully saturated rings. The first-order chi connectivity index (χ1) is 14.6. The van der Waals surface area contributed by atoms with Crippen molar-refractivity contribution in [2.45, 2.75) is 155 Å². The standard InChI is InChI=1S/C24H51O5P/c1-3-5-7-9-11-13-15-17-19-21-23(25)28-30(27)29-24(26)22-20-18-16-14-12-10-8-6-4-2/h23-26,30H,3-22H2,1-2H3. The molecular formula is C24H51O5P. The van der Waals surface area contributed by atoms with E-state index < -0.39 is 20.8 Å². The summed E-state index contributed by atoms with van der Waals surface area (Å²) in [5, 5.41) is 19.6. The average molecular weight is 451 g/mol. The molecule has 0 saturated heterocycles. The topological polar surface area (TPSA) is 76.0 Å². The highest BCUT2D eigenvalue weighted by molar-refractivity contribution is 7.33. The van der Waals surface area contributed by atoms with Crippen LogP contribution in [0.3, 0.4) is 0 Å². The first-order valence-corrected chi connectivity index (χ1v) is 14.1. The van der Waals surface area contributed by atoms with Gasteiger partial charge in [0, 0.05) is 0 Å². The fraction of sp³-hybridized carbons (Fsp3) is 1.00. The van der Waals surface area contributed by atoms with Crippen LogP contribution in [0.4, 0.5) is 0 Å². The second-order valence-electron chi connectivity index (χ2n) is 8.63. The smallest absolute Gasteiger partial charge is 0.323 e. The van der Waals surface area contributed by atoms with E-state index in [0.29, 0.717) is 12.8 Å². The maximum Gasteiger partial charge on any atom is 0.323 e. The Bertz CT molecular complexity index is 336. The number of aliphatic hydroxyl groups excluding tert-OH is 2. The largest absolute Gasteiger partial charge is 0.368 e. The lowest BCUT2D eigenvalue weighted by Crippen LogP contribution is -2.12. The third kappa shape index (κ3) is 22.7. The van der Waals surface area contributed by atoms with Gasteiger partial charge in [0.25, 0.3) is 0 Å².